The van der Waals surface area contributed by atoms with Crippen LogP contribution in [0.25, 0.3) is 21.9 Å². The number of rotatable bonds is 16. The smallest absolute Gasteiger partial charge is 0.407 e. The molecule has 0 radical (unpaired) electrons. The molecular weight excluding hydrogens is 530 g/mol. The number of aromatic nitrogens is 3. The zero-order valence-electron chi connectivity index (χ0n) is 24.5. The maximum atomic E-state index is 11.7. The SMILES string of the molecule is CC(CCCCCNS(C)(=O)=O)c1nc2ccccc2c2c1ncn2OCCCCCCOC(=O)NC(C)(C)C. The largest absolute Gasteiger partial charge is 0.450 e. The fraction of sp³-hybridized carbons (Fsp3) is 0.621. The van der Waals surface area contributed by atoms with E-state index in [9.17, 15) is 13.2 Å². The van der Waals surface area contributed by atoms with Crippen LogP contribution in [0.3, 0.4) is 0 Å². The number of amides is 1. The lowest BCUT2D eigenvalue weighted by molar-refractivity contribution is 0.114. The van der Waals surface area contributed by atoms with Crippen molar-refractivity contribution < 1.29 is 22.8 Å². The molecule has 40 heavy (non-hydrogen) atoms. The molecule has 0 spiro atoms. The summed E-state index contributed by atoms with van der Waals surface area (Å²) in [6, 6.07) is 8.05. The van der Waals surface area contributed by atoms with Crippen molar-refractivity contribution in [1.29, 1.82) is 0 Å². The van der Waals surface area contributed by atoms with Gasteiger partial charge in [-0.1, -0.05) is 38.0 Å². The van der Waals surface area contributed by atoms with Gasteiger partial charge in [-0.25, -0.2) is 22.9 Å². The standard InChI is InChI=1S/C29H45N5O5S/c1-22(15-9-8-12-18-31-40(5,36)37)25-26-27(23-16-10-11-17-24(23)32-25)34(21-30-26)39-20-14-7-6-13-19-38-28(35)33-29(2,3)4/h10-11,16-17,21-22,31H,6-9,12-15,18-20H2,1-5H3,(H,33,35). The molecule has 2 aromatic heterocycles. The fourth-order valence-corrected chi connectivity index (χ4v) is 5.05. The van der Waals surface area contributed by atoms with E-state index in [1.807, 2.05) is 45.0 Å². The molecule has 1 amide bonds. The van der Waals surface area contributed by atoms with Gasteiger partial charge in [0, 0.05) is 23.4 Å². The molecule has 1 aromatic carbocycles. The molecule has 2 N–H and O–H groups in total. The summed E-state index contributed by atoms with van der Waals surface area (Å²) in [5.74, 6) is 0.200. The van der Waals surface area contributed by atoms with Crippen LogP contribution in [0.1, 0.15) is 90.7 Å². The van der Waals surface area contributed by atoms with E-state index < -0.39 is 10.0 Å². The van der Waals surface area contributed by atoms with E-state index in [2.05, 4.69) is 17.0 Å². The number of alkyl carbamates (subject to hydrolysis) is 1. The summed E-state index contributed by atoms with van der Waals surface area (Å²) in [4.78, 5) is 27.5. The number of fused-ring (bicyclic) bond motifs is 3. The van der Waals surface area contributed by atoms with Crippen molar-refractivity contribution in [2.75, 3.05) is 26.0 Å². The Kier molecular flexibility index (Phi) is 11.6. The van der Waals surface area contributed by atoms with Gasteiger partial charge >= 0.3 is 6.09 Å². The molecule has 0 saturated heterocycles. The van der Waals surface area contributed by atoms with E-state index in [1.54, 1.807) is 11.1 Å². The Morgan fingerprint density at radius 3 is 2.45 bits per heavy atom. The molecule has 0 fully saturated rings. The van der Waals surface area contributed by atoms with Crippen LogP contribution in [0, 0.1) is 0 Å². The second kappa shape index (κ2) is 14.6. The number of ether oxygens (including phenoxy) is 1. The van der Waals surface area contributed by atoms with Crippen LogP contribution < -0.4 is 14.9 Å². The van der Waals surface area contributed by atoms with Gasteiger partial charge in [0.1, 0.15) is 24.0 Å². The molecule has 1 atom stereocenters. The van der Waals surface area contributed by atoms with Crippen LogP contribution >= 0.6 is 0 Å². The molecule has 11 heteroatoms. The highest BCUT2D eigenvalue weighted by molar-refractivity contribution is 7.88. The minimum absolute atomic E-state index is 0.200. The first-order chi connectivity index (χ1) is 18.9. The maximum Gasteiger partial charge on any atom is 0.407 e. The highest BCUT2D eigenvalue weighted by atomic mass is 32.2. The first-order valence-corrected chi connectivity index (χ1v) is 16.1. The molecule has 0 saturated carbocycles. The maximum absolute atomic E-state index is 11.7. The number of hydrogen-bond donors (Lipinski definition) is 2. The Balaban J connectivity index is 1.52. The molecule has 0 aliphatic rings. The topological polar surface area (TPSA) is 124 Å². The second-order valence-corrected chi connectivity index (χ2v) is 13.3. The van der Waals surface area contributed by atoms with Crippen molar-refractivity contribution in [3.05, 3.63) is 36.3 Å². The zero-order valence-corrected chi connectivity index (χ0v) is 25.3. The van der Waals surface area contributed by atoms with Crippen LogP contribution in [-0.4, -0.2) is 60.8 Å². The van der Waals surface area contributed by atoms with Crippen LogP contribution in [0.5, 0.6) is 0 Å². The lowest BCUT2D eigenvalue weighted by Gasteiger charge is -2.19. The Labute approximate surface area is 238 Å². The Morgan fingerprint density at radius 2 is 1.73 bits per heavy atom. The Morgan fingerprint density at radius 1 is 1.02 bits per heavy atom. The van der Waals surface area contributed by atoms with Crippen molar-refractivity contribution in [3.63, 3.8) is 0 Å². The van der Waals surface area contributed by atoms with E-state index in [4.69, 9.17) is 19.5 Å². The van der Waals surface area contributed by atoms with Gasteiger partial charge in [0.15, 0.2) is 0 Å². The van der Waals surface area contributed by atoms with Crippen LogP contribution in [0.2, 0.25) is 0 Å². The van der Waals surface area contributed by atoms with Crippen molar-refractivity contribution in [2.24, 2.45) is 0 Å². The third kappa shape index (κ3) is 10.2. The van der Waals surface area contributed by atoms with Crippen molar-refractivity contribution in [2.45, 2.75) is 90.5 Å². The second-order valence-electron chi connectivity index (χ2n) is 11.5. The number of para-hydroxylation sites is 1. The first kappa shape index (κ1) is 31.6. The minimum atomic E-state index is -3.14. The molecule has 1 unspecified atom stereocenters. The summed E-state index contributed by atoms with van der Waals surface area (Å²) in [5.41, 5.74) is 3.36. The molecule has 222 valence electrons. The summed E-state index contributed by atoms with van der Waals surface area (Å²) >= 11 is 0. The number of unbranched alkanes of at least 4 members (excludes halogenated alkanes) is 5. The molecule has 3 rings (SSSR count). The zero-order chi connectivity index (χ0) is 29.2. The number of pyridine rings is 1. The summed E-state index contributed by atoms with van der Waals surface area (Å²) in [6.07, 6.45) is 9.83. The van der Waals surface area contributed by atoms with Gasteiger partial charge < -0.3 is 14.9 Å². The average Bonchev–Trinajstić information content (AvgIpc) is 3.29. The van der Waals surface area contributed by atoms with Gasteiger partial charge in [-0.3, -0.25) is 4.98 Å². The van der Waals surface area contributed by atoms with Crippen molar-refractivity contribution in [1.82, 2.24) is 24.7 Å². The molecular formula is C29H45N5O5S. The van der Waals surface area contributed by atoms with Crippen LogP contribution in [0.4, 0.5) is 4.79 Å². The number of carbonyl (C=O) groups is 1. The lowest BCUT2D eigenvalue weighted by atomic mass is 9.97. The van der Waals surface area contributed by atoms with E-state index in [1.165, 1.54) is 6.26 Å². The molecule has 2 heterocycles. The number of benzene rings is 1. The number of nitrogens with zero attached hydrogens (tertiary/aromatic N) is 3. The predicted octanol–water partition coefficient (Wildman–Crippen LogP) is 5.31. The molecule has 0 aliphatic carbocycles. The van der Waals surface area contributed by atoms with Gasteiger partial charge in [0.25, 0.3) is 0 Å². The molecule has 0 aliphatic heterocycles. The number of imidazole rings is 1. The van der Waals surface area contributed by atoms with Crippen LogP contribution in [-0.2, 0) is 14.8 Å². The van der Waals surface area contributed by atoms with Crippen LogP contribution in [0.15, 0.2) is 30.6 Å². The third-order valence-corrected chi connectivity index (χ3v) is 7.23. The first-order valence-electron chi connectivity index (χ1n) is 14.2. The number of hydrogen-bond acceptors (Lipinski definition) is 7. The predicted molar refractivity (Wildman–Crippen MR) is 159 cm³/mol. The highest BCUT2D eigenvalue weighted by Crippen LogP contribution is 2.31. The fourth-order valence-electron chi connectivity index (χ4n) is 4.54. The Bertz CT molecular complexity index is 1350. The summed E-state index contributed by atoms with van der Waals surface area (Å²) in [7, 11) is -3.14. The summed E-state index contributed by atoms with van der Waals surface area (Å²) in [6.45, 7) is 9.37. The quantitative estimate of drug-likeness (QED) is 0.222. The highest BCUT2D eigenvalue weighted by Gasteiger charge is 2.19. The van der Waals surface area contributed by atoms with Gasteiger partial charge in [-0.15, -0.1) is 0 Å². The van der Waals surface area contributed by atoms with Gasteiger partial charge in [-0.2, -0.15) is 4.73 Å². The minimum Gasteiger partial charge on any atom is -0.450 e. The molecule has 10 nitrogen and oxygen atoms in total. The van der Waals surface area contributed by atoms with Gasteiger partial charge in [-0.05, 0) is 65.4 Å². The number of sulfonamides is 1. The van der Waals surface area contributed by atoms with E-state index in [-0.39, 0.29) is 17.6 Å². The number of carbonyl (C=O) groups excluding carboxylic acids is 1. The third-order valence-electron chi connectivity index (χ3n) is 6.50. The van der Waals surface area contributed by atoms with E-state index >= 15 is 0 Å². The average molecular weight is 576 g/mol. The number of nitrogens with one attached hydrogen (secondary N) is 2. The normalized spacial score (nSPS) is 13.0. The lowest BCUT2D eigenvalue weighted by Crippen LogP contribution is -2.41. The van der Waals surface area contributed by atoms with Crippen molar-refractivity contribution >= 4 is 38.1 Å². The summed E-state index contributed by atoms with van der Waals surface area (Å²) in [5, 5.41) is 3.79. The monoisotopic (exact) mass is 575 g/mol. The molecule has 0 bridgehead atoms. The van der Waals surface area contributed by atoms with Gasteiger partial charge in [0.05, 0.1) is 24.1 Å². The molecule has 3 aromatic rings. The van der Waals surface area contributed by atoms with E-state index in [0.29, 0.717) is 19.8 Å². The van der Waals surface area contributed by atoms with E-state index in [0.717, 1.165) is 79.0 Å². The summed E-state index contributed by atoms with van der Waals surface area (Å²) < 4.78 is 32.0. The van der Waals surface area contributed by atoms with Crippen molar-refractivity contribution in [3.8, 4) is 0 Å². The Hall–Kier alpha value is -2.92. The van der Waals surface area contributed by atoms with Gasteiger partial charge in [0.2, 0.25) is 10.0 Å².